The van der Waals surface area contributed by atoms with Crippen LogP contribution >= 0.6 is 0 Å². The predicted molar refractivity (Wildman–Crippen MR) is 86.8 cm³/mol. The quantitative estimate of drug-likeness (QED) is 0.704. The molecule has 0 radical (unpaired) electrons. The number of hydrogen-bond donors (Lipinski definition) is 3. The standard InChI is InChI=1S/C18H19NO5/c20-15(16(21)18(23)24)17(22)19(11-13-7-3-1-4-8-13)12-14-9-5-2-6-10-14/h1-10,15-16,20-21H,11-12H2,(H,23,24). The number of carboxylic acids is 1. The van der Waals surface area contributed by atoms with Crippen molar-refractivity contribution in [3.63, 3.8) is 0 Å². The lowest BCUT2D eigenvalue weighted by atomic mass is 10.1. The molecule has 2 atom stereocenters. The van der Waals surface area contributed by atoms with Gasteiger partial charge in [0.05, 0.1) is 0 Å². The number of carbonyl (C=O) groups is 2. The van der Waals surface area contributed by atoms with E-state index in [0.29, 0.717) is 0 Å². The summed E-state index contributed by atoms with van der Waals surface area (Å²) in [4.78, 5) is 24.6. The molecule has 0 bridgehead atoms. The van der Waals surface area contributed by atoms with E-state index in [1.165, 1.54) is 4.90 Å². The zero-order valence-electron chi connectivity index (χ0n) is 12.9. The van der Waals surface area contributed by atoms with Gasteiger partial charge < -0.3 is 20.2 Å². The molecule has 0 aliphatic carbocycles. The first-order chi connectivity index (χ1) is 11.5. The van der Waals surface area contributed by atoms with Gasteiger partial charge in [0.25, 0.3) is 5.91 Å². The summed E-state index contributed by atoms with van der Waals surface area (Å²) in [5.74, 6) is -2.48. The third kappa shape index (κ3) is 4.65. The first-order valence-corrected chi connectivity index (χ1v) is 7.44. The third-order valence-corrected chi connectivity index (χ3v) is 3.55. The van der Waals surface area contributed by atoms with E-state index in [9.17, 15) is 19.8 Å². The second kappa shape index (κ2) is 8.24. The molecule has 0 aliphatic rings. The van der Waals surface area contributed by atoms with Gasteiger partial charge in [-0.1, -0.05) is 60.7 Å². The summed E-state index contributed by atoms with van der Waals surface area (Å²) in [5, 5.41) is 28.1. The summed E-state index contributed by atoms with van der Waals surface area (Å²) in [5.41, 5.74) is 1.66. The zero-order valence-corrected chi connectivity index (χ0v) is 12.9. The van der Waals surface area contributed by atoms with Gasteiger partial charge in [0.2, 0.25) is 0 Å². The molecular formula is C18H19NO5. The fourth-order valence-electron chi connectivity index (χ4n) is 2.28. The molecule has 0 fully saturated rings. The van der Waals surface area contributed by atoms with Crippen molar-refractivity contribution in [3.8, 4) is 0 Å². The van der Waals surface area contributed by atoms with Gasteiger partial charge >= 0.3 is 5.97 Å². The fourth-order valence-corrected chi connectivity index (χ4v) is 2.28. The zero-order chi connectivity index (χ0) is 17.5. The molecule has 0 aromatic heterocycles. The van der Waals surface area contributed by atoms with Gasteiger partial charge in [0.1, 0.15) is 0 Å². The molecule has 1 amide bonds. The molecule has 2 rings (SSSR count). The maximum atomic E-state index is 12.5. The molecule has 126 valence electrons. The Morgan fingerprint density at radius 3 is 1.58 bits per heavy atom. The minimum absolute atomic E-state index is 0.192. The van der Waals surface area contributed by atoms with E-state index in [1.807, 2.05) is 60.7 Å². The Bertz CT molecular complexity index is 633. The minimum atomic E-state index is -2.16. The Hall–Kier alpha value is -2.70. The number of aliphatic carboxylic acids is 1. The van der Waals surface area contributed by atoms with Gasteiger partial charge in [0, 0.05) is 13.1 Å². The summed E-state index contributed by atoms with van der Waals surface area (Å²) in [6.45, 7) is 0.385. The highest BCUT2D eigenvalue weighted by Gasteiger charge is 2.33. The van der Waals surface area contributed by atoms with Crippen molar-refractivity contribution in [1.29, 1.82) is 0 Å². The minimum Gasteiger partial charge on any atom is -0.479 e. The highest BCUT2D eigenvalue weighted by atomic mass is 16.4. The molecular weight excluding hydrogens is 310 g/mol. The average molecular weight is 329 g/mol. The SMILES string of the molecule is O=C(O)C(O)C(O)C(=O)N(Cc1ccccc1)Cc1ccccc1. The van der Waals surface area contributed by atoms with Crippen molar-refractivity contribution in [3.05, 3.63) is 71.8 Å². The highest BCUT2D eigenvalue weighted by molar-refractivity contribution is 5.87. The molecule has 0 saturated carbocycles. The van der Waals surface area contributed by atoms with Crippen molar-refractivity contribution < 1.29 is 24.9 Å². The second-order valence-corrected chi connectivity index (χ2v) is 5.39. The third-order valence-electron chi connectivity index (χ3n) is 3.55. The van der Waals surface area contributed by atoms with Gasteiger partial charge in [-0.2, -0.15) is 0 Å². The molecule has 2 unspecified atom stereocenters. The molecule has 24 heavy (non-hydrogen) atoms. The van der Waals surface area contributed by atoms with Gasteiger partial charge in [-0.05, 0) is 11.1 Å². The van der Waals surface area contributed by atoms with Crippen LogP contribution in [0.1, 0.15) is 11.1 Å². The maximum Gasteiger partial charge on any atom is 0.335 e. The number of aliphatic hydroxyl groups is 2. The lowest BCUT2D eigenvalue weighted by Crippen LogP contribution is -2.47. The first kappa shape index (κ1) is 17.7. The number of aliphatic hydroxyl groups excluding tert-OH is 2. The first-order valence-electron chi connectivity index (χ1n) is 7.44. The van der Waals surface area contributed by atoms with Crippen LogP contribution in [-0.4, -0.2) is 44.3 Å². The van der Waals surface area contributed by atoms with Crippen molar-refractivity contribution in [1.82, 2.24) is 4.90 Å². The van der Waals surface area contributed by atoms with Gasteiger partial charge in [0.15, 0.2) is 12.2 Å². The van der Waals surface area contributed by atoms with Crippen LogP contribution in [0, 0.1) is 0 Å². The van der Waals surface area contributed by atoms with Crippen LogP contribution in [0.5, 0.6) is 0 Å². The molecule has 0 spiro atoms. The van der Waals surface area contributed by atoms with E-state index in [-0.39, 0.29) is 13.1 Å². The predicted octanol–water partition coefficient (Wildman–Crippen LogP) is 1.02. The van der Waals surface area contributed by atoms with Crippen LogP contribution in [0.4, 0.5) is 0 Å². The second-order valence-electron chi connectivity index (χ2n) is 5.39. The molecule has 0 aliphatic heterocycles. The van der Waals surface area contributed by atoms with E-state index >= 15 is 0 Å². The van der Waals surface area contributed by atoms with Crippen molar-refractivity contribution in [2.45, 2.75) is 25.3 Å². The Morgan fingerprint density at radius 2 is 1.21 bits per heavy atom. The molecule has 0 saturated heterocycles. The maximum absolute atomic E-state index is 12.5. The van der Waals surface area contributed by atoms with Gasteiger partial charge in [-0.25, -0.2) is 4.79 Å². The lowest BCUT2D eigenvalue weighted by Gasteiger charge is -2.26. The number of benzene rings is 2. The van der Waals surface area contributed by atoms with Gasteiger partial charge in [-0.15, -0.1) is 0 Å². The topological polar surface area (TPSA) is 98.1 Å². The molecule has 6 heteroatoms. The molecule has 2 aromatic carbocycles. The molecule has 0 heterocycles. The average Bonchev–Trinajstić information content (AvgIpc) is 2.61. The largest absolute Gasteiger partial charge is 0.479 e. The fraction of sp³-hybridized carbons (Fsp3) is 0.222. The Kier molecular flexibility index (Phi) is 6.06. The van der Waals surface area contributed by atoms with E-state index < -0.39 is 24.1 Å². The van der Waals surface area contributed by atoms with Gasteiger partial charge in [-0.3, -0.25) is 4.79 Å². The Labute approximate surface area is 139 Å². The van der Waals surface area contributed by atoms with Crippen molar-refractivity contribution in [2.24, 2.45) is 0 Å². The summed E-state index contributed by atoms with van der Waals surface area (Å²) < 4.78 is 0. The number of rotatable bonds is 7. The van der Waals surface area contributed by atoms with Crippen molar-refractivity contribution in [2.75, 3.05) is 0 Å². The number of carbonyl (C=O) groups excluding carboxylic acids is 1. The van der Waals surface area contributed by atoms with Crippen LogP contribution < -0.4 is 0 Å². The number of nitrogens with zero attached hydrogens (tertiary/aromatic N) is 1. The van der Waals surface area contributed by atoms with E-state index in [4.69, 9.17) is 5.11 Å². The molecule has 6 nitrogen and oxygen atoms in total. The summed E-state index contributed by atoms with van der Waals surface area (Å²) >= 11 is 0. The molecule has 3 N–H and O–H groups in total. The normalized spacial score (nSPS) is 13.1. The number of amides is 1. The van der Waals surface area contributed by atoms with E-state index in [2.05, 4.69) is 0 Å². The Morgan fingerprint density at radius 1 is 0.792 bits per heavy atom. The number of hydrogen-bond acceptors (Lipinski definition) is 4. The summed E-state index contributed by atoms with van der Waals surface area (Å²) in [6, 6.07) is 18.3. The van der Waals surface area contributed by atoms with Crippen LogP contribution in [0.25, 0.3) is 0 Å². The Balaban J connectivity index is 2.21. The van der Waals surface area contributed by atoms with Crippen LogP contribution in [0.2, 0.25) is 0 Å². The van der Waals surface area contributed by atoms with E-state index in [0.717, 1.165) is 11.1 Å². The summed E-state index contributed by atoms with van der Waals surface area (Å²) in [6.07, 6.45) is -4.18. The van der Waals surface area contributed by atoms with E-state index in [1.54, 1.807) is 0 Å². The monoisotopic (exact) mass is 329 g/mol. The number of carboxylic acid groups (broad SMARTS) is 1. The highest BCUT2D eigenvalue weighted by Crippen LogP contribution is 2.13. The van der Waals surface area contributed by atoms with Crippen LogP contribution in [-0.2, 0) is 22.7 Å². The molecule has 2 aromatic rings. The van der Waals surface area contributed by atoms with Crippen molar-refractivity contribution >= 4 is 11.9 Å². The van der Waals surface area contributed by atoms with Crippen LogP contribution in [0.15, 0.2) is 60.7 Å². The summed E-state index contributed by atoms with van der Waals surface area (Å²) in [7, 11) is 0. The smallest absolute Gasteiger partial charge is 0.335 e. The lowest BCUT2D eigenvalue weighted by molar-refractivity contribution is -0.162. The van der Waals surface area contributed by atoms with Crippen LogP contribution in [0.3, 0.4) is 0 Å².